The molecule has 4 rings (SSSR count). The van der Waals surface area contributed by atoms with Crippen LogP contribution < -0.4 is 4.90 Å². The number of amides is 1. The summed E-state index contributed by atoms with van der Waals surface area (Å²) < 4.78 is 0. The molecule has 0 atom stereocenters. The van der Waals surface area contributed by atoms with Gasteiger partial charge in [0.25, 0.3) is 0 Å². The number of benzene rings is 2. The van der Waals surface area contributed by atoms with Crippen LogP contribution in [0.1, 0.15) is 29.4 Å². The van der Waals surface area contributed by atoms with Crippen molar-refractivity contribution in [3.63, 3.8) is 0 Å². The lowest BCUT2D eigenvalue weighted by Gasteiger charge is -2.21. The normalized spacial score (nSPS) is 11.3. The second-order valence-electron chi connectivity index (χ2n) is 6.89. The van der Waals surface area contributed by atoms with Crippen LogP contribution in [0.2, 0.25) is 0 Å². The van der Waals surface area contributed by atoms with Crippen molar-refractivity contribution in [2.45, 2.75) is 20.8 Å². The number of rotatable bonds is 4. The van der Waals surface area contributed by atoms with Crippen LogP contribution in [-0.2, 0) is 4.79 Å². The number of aryl methyl sites for hydroxylation is 1. The molecule has 4 nitrogen and oxygen atoms in total. The minimum absolute atomic E-state index is 0.0558. The van der Waals surface area contributed by atoms with E-state index in [9.17, 15) is 4.79 Å². The van der Waals surface area contributed by atoms with Gasteiger partial charge in [-0.3, -0.25) is 9.69 Å². The highest BCUT2D eigenvalue weighted by Crippen LogP contribution is 2.32. The number of fused-ring (bicyclic) bond motifs is 1. The zero-order valence-corrected chi connectivity index (χ0v) is 17.4. The maximum atomic E-state index is 12.4. The van der Waals surface area contributed by atoms with Gasteiger partial charge < -0.3 is 0 Å². The molecule has 2 aromatic carbocycles. The summed E-state index contributed by atoms with van der Waals surface area (Å²) >= 11 is 1.46. The fraction of sp³-hybridized carbons (Fsp3) is 0.125. The van der Waals surface area contributed by atoms with Gasteiger partial charge in [0.1, 0.15) is 0 Å². The summed E-state index contributed by atoms with van der Waals surface area (Å²) in [6.45, 7) is 5.64. The van der Waals surface area contributed by atoms with Crippen LogP contribution in [0.3, 0.4) is 0 Å². The van der Waals surface area contributed by atoms with Crippen LogP contribution in [0.25, 0.3) is 23.1 Å². The Labute approximate surface area is 174 Å². The molecule has 0 saturated heterocycles. The summed E-state index contributed by atoms with van der Waals surface area (Å²) in [5, 5.41) is 3.73. The molecule has 0 saturated carbocycles. The number of hydrogen-bond donors (Lipinski definition) is 0. The molecule has 29 heavy (non-hydrogen) atoms. The van der Waals surface area contributed by atoms with E-state index in [1.807, 2.05) is 79.9 Å². The molecule has 0 aliphatic heterocycles. The highest BCUT2D eigenvalue weighted by atomic mass is 32.1. The van der Waals surface area contributed by atoms with Gasteiger partial charge in [-0.05, 0) is 55.3 Å². The van der Waals surface area contributed by atoms with E-state index in [4.69, 9.17) is 0 Å². The number of anilines is 2. The van der Waals surface area contributed by atoms with Gasteiger partial charge in [0.05, 0.1) is 22.6 Å². The fourth-order valence-electron chi connectivity index (χ4n) is 3.19. The van der Waals surface area contributed by atoms with Gasteiger partial charge in [0, 0.05) is 17.7 Å². The van der Waals surface area contributed by atoms with Crippen molar-refractivity contribution in [3.8, 4) is 0 Å². The van der Waals surface area contributed by atoms with Crippen molar-refractivity contribution in [2.24, 2.45) is 0 Å². The van der Waals surface area contributed by atoms with E-state index in [-0.39, 0.29) is 5.91 Å². The highest BCUT2D eigenvalue weighted by molar-refractivity contribution is 7.14. The standard InChI is InChI=1S/C24H21N3OS/c1-16-7-6-10-23(17(16)2)27(18(3)28)24-26-21(15-29-24)14-13-20-12-11-19-8-4-5-9-22(19)25-20/h4-15H,1-3H3. The van der Waals surface area contributed by atoms with E-state index in [1.54, 1.807) is 11.8 Å². The predicted octanol–water partition coefficient (Wildman–Crippen LogP) is 6.16. The number of carbonyl (C=O) groups is 1. The largest absolute Gasteiger partial charge is 0.274 e. The third-order valence-electron chi connectivity index (χ3n) is 4.88. The molecule has 2 aromatic heterocycles. The number of aromatic nitrogens is 2. The van der Waals surface area contributed by atoms with E-state index in [0.717, 1.165) is 39.1 Å². The summed E-state index contributed by atoms with van der Waals surface area (Å²) in [6.07, 6.45) is 3.87. The Morgan fingerprint density at radius 1 is 0.931 bits per heavy atom. The summed E-state index contributed by atoms with van der Waals surface area (Å²) in [4.78, 5) is 23.4. The summed E-state index contributed by atoms with van der Waals surface area (Å²) in [7, 11) is 0. The molecule has 0 aliphatic carbocycles. The smallest absolute Gasteiger partial charge is 0.230 e. The Morgan fingerprint density at radius 3 is 2.55 bits per heavy atom. The first-order valence-corrected chi connectivity index (χ1v) is 10.3. The first kappa shape index (κ1) is 19.0. The molecule has 2 heterocycles. The molecule has 0 fully saturated rings. The Bertz CT molecular complexity index is 1230. The van der Waals surface area contributed by atoms with Gasteiger partial charge in [-0.25, -0.2) is 9.97 Å². The maximum absolute atomic E-state index is 12.4. The van der Waals surface area contributed by atoms with Crippen LogP contribution in [0, 0.1) is 13.8 Å². The van der Waals surface area contributed by atoms with Crippen molar-refractivity contribution < 1.29 is 4.79 Å². The Morgan fingerprint density at radius 2 is 1.72 bits per heavy atom. The number of para-hydroxylation sites is 1. The van der Waals surface area contributed by atoms with Gasteiger partial charge >= 0.3 is 0 Å². The quantitative estimate of drug-likeness (QED) is 0.413. The Kier molecular flexibility index (Phi) is 5.23. The maximum Gasteiger partial charge on any atom is 0.230 e. The van der Waals surface area contributed by atoms with Gasteiger partial charge in [0.15, 0.2) is 5.13 Å². The molecule has 0 spiro atoms. The zero-order chi connectivity index (χ0) is 20.4. The first-order valence-electron chi connectivity index (χ1n) is 9.39. The summed E-state index contributed by atoms with van der Waals surface area (Å²) in [5.41, 5.74) is 5.74. The Balaban J connectivity index is 1.63. The molecule has 0 bridgehead atoms. The fourth-order valence-corrected chi connectivity index (χ4v) is 4.03. The third-order valence-corrected chi connectivity index (χ3v) is 5.72. The number of nitrogens with zero attached hydrogens (tertiary/aromatic N) is 3. The second-order valence-corrected chi connectivity index (χ2v) is 7.73. The van der Waals surface area contributed by atoms with Crippen LogP contribution in [-0.4, -0.2) is 15.9 Å². The molecule has 0 N–H and O–H groups in total. The predicted molar refractivity (Wildman–Crippen MR) is 122 cm³/mol. The zero-order valence-electron chi connectivity index (χ0n) is 16.6. The number of carbonyl (C=O) groups excluding carboxylic acids is 1. The Hall–Kier alpha value is -3.31. The van der Waals surface area contributed by atoms with Gasteiger partial charge in [0.2, 0.25) is 5.91 Å². The molecular weight excluding hydrogens is 378 g/mol. The van der Waals surface area contributed by atoms with Crippen molar-refractivity contribution >= 4 is 51.1 Å². The molecule has 0 unspecified atom stereocenters. The van der Waals surface area contributed by atoms with Crippen LogP contribution >= 0.6 is 11.3 Å². The van der Waals surface area contributed by atoms with Crippen molar-refractivity contribution in [1.82, 2.24) is 9.97 Å². The van der Waals surface area contributed by atoms with Crippen molar-refractivity contribution in [3.05, 3.63) is 82.5 Å². The number of hydrogen-bond acceptors (Lipinski definition) is 4. The van der Waals surface area contributed by atoms with Crippen LogP contribution in [0.15, 0.2) is 60.0 Å². The number of thiazole rings is 1. The topological polar surface area (TPSA) is 46.1 Å². The third kappa shape index (κ3) is 3.96. The van der Waals surface area contributed by atoms with Crippen LogP contribution in [0.5, 0.6) is 0 Å². The molecule has 0 radical (unpaired) electrons. The lowest BCUT2D eigenvalue weighted by molar-refractivity contribution is -0.115. The monoisotopic (exact) mass is 399 g/mol. The van der Waals surface area contributed by atoms with E-state index >= 15 is 0 Å². The van der Waals surface area contributed by atoms with Crippen LogP contribution in [0.4, 0.5) is 10.8 Å². The van der Waals surface area contributed by atoms with E-state index in [0.29, 0.717) is 5.13 Å². The van der Waals surface area contributed by atoms with E-state index < -0.39 is 0 Å². The molecular formula is C24H21N3OS. The SMILES string of the molecule is CC(=O)N(c1nc(C=Cc2ccc3ccccc3n2)cs1)c1cccc(C)c1C. The second kappa shape index (κ2) is 7.97. The molecule has 5 heteroatoms. The molecule has 0 aliphatic rings. The lowest BCUT2D eigenvalue weighted by atomic mass is 10.1. The molecule has 144 valence electrons. The van der Waals surface area contributed by atoms with E-state index in [2.05, 4.69) is 16.0 Å². The molecule has 1 amide bonds. The first-order chi connectivity index (χ1) is 14.0. The average molecular weight is 400 g/mol. The minimum atomic E-state index is -0.0558. The number of pyridine rings is 1. The van der Waals surface area contributed by atoms with E-state index in [1.165, 1.54) is 11.3 Å². The van der Waals surface area contributed by atoms with Gasteiger partial charge in [-0.2, -0.15) is 0 Å². The summed E-state index contributed by atoms with van der Waals surface area (Å²) in [6, 6.07) is 18.1. The molecule has 4 aromatic rings. The highest BCUT2D eigenvalue weighted by Gasteiger charge is 2.19. The van der Waals surface area contributed by atoms with Gasteiger partial charge in [-0.15, -0.1) is 11.3 Å². The lowest BCUT2D eigenvalue weighted by Crippen LogP contribution is -2.23. The summed E-state index contributed by atoms with van der Waals surface area (Å²) in [5.74, 6) is -0.0558. The van der Waals surface area contributed by atoms with Gasteiger partial charge in [-0.1, -0.05) is 36.4 Å². The van der Waals surface area contributed by atoms with Crippen molar-refractivity contribution in [2.75, 3.05) is 4.90 Å². The average Bonchev–Trinajstić information content (AvgIpc) is 3.18. The van der Waals surface area contributed by atoms with Crippen molar-refractivity contribution in [1.29, 1.82) is 0 Å². The minimum Gasteiger partial charge on any atom is -0.274 e.